The summed E-state index contributed by atoms with van der Waals surface area (Å²) in [5, 5.41) is 2.26. The van der Waals surface area contributed by atoms with Crippen molar-refractivity contribution >= 4 is 39.0 Å². The molecule has 0 amide bonds. The lowest BCUT2D eigenvalue weighted by Gasteiger charge is -2.35. The fraction of sp³-hybridized carbons (Fsp3) is 0.0294. The van der Waals surface area contributed by atoms with Crippen LogP contribution in [-0.4, -0.2) is 0 Å². The maximum atomic E-state index is 6.20. The Morgan fingerprint density at radius 1 is 0.257 bits per heavy atom. The van der Waals surface area contributed by atoms with Gasteiger partial charge in [-0.3, -0.25) is 0 Å². The Bertz CT molecular complexity index is 3650. The van der Waals surface area contributed by atoms with Gasteiger partial charge in [0.15, 0.2) is 0 Å². The van der Waals surface area contributed by atoms with E-state index in [1.54, 1.807) is 0 Å². The second-order valence-corrected chi connectivity index (χ2v) is 18.7. The lowest BCUT2D eigenvalue weighted by molar-refractivity contribution is 0.669. The summed E-state index contributed by atoms with van der Waals surface area (Å²) in [6.07, 6.45) is 0. The number of para-hydroxylation sites is 1. The molecule has 0 N–H and O–H groups in total. The number of benzene rings is 11. The predicted molar refractivity (Wildman–Crippen MR) is 288 cm³/mol. The van der Waals surface area contributed by atoms with Gasteiger partial charge in [0.05, 0.1) is 10.8 Å². The first-order chi connectivity index (χ1) is 34.7. The molecule has 0 saturated carbocycles. The maximum Gasteiger partial charge on any atom is 0.135 e. The van der Waals surface area contributed by atoms with Gasteiger partial charge < -0.3 is 9.32 Å². The van der Waals surface area contributed by atoms with Crippen molar-refractivity contribution in [3.05, 3.63) is 317 Å². The molecule has 1 heterocycles. The Kier molecular flexibility index (Phi) is 9.06. The molecule has 2 heteroatoms. The van der Waals surface area contributed by atoms with Gasteiger partial charge in [0.2, 0.25) is 0 Å². The minimum absolute atomic E-state index is 0.484. The van der Waals surface area contributed by atoms with Crippen LogP contribution in [0.15, 0.2) is 277 Å². The SMILES string of the molecule is c1ccc(C2(c3ccc(N(c4ccc(-c5ccc6oc7ccccc7c6c5)cc4)c4ccc(C5(c6ccccc6)c6ccccc6-c6ccccc65)cc4)cc3)c3ccccc3-c3ccccc32)cc1. The Labute approximate surface area is 408 Å². The second kappa shape index (κ2) is 15.8. The number of hydrogen-bond acceptors (Lipinski definition) is 2. The fourth-order valence-electron chi connectivity index (χ4n) is 12.3. The highest BCUT2D eigenvalue weighted by Gasteiger charge is 2.47. The molecule has 0 saturated heterocycles. The minimum atomic E-state index is -0.484. The molecule has 0 bridgehead atoms. The molecule has 0 atom stereocenters. The largest absolute Gasteiger partial charge is 0.456 e. The molecule has 0 fully saturated rings. The van der Waals surface area contributed by atoms with Crippen LogP contribution in [0.1, 0.15) is 44.5 Å². The van der Waals surface area contributed by atoms with Gasteiger partial charge in [0.1, 0.15) is 11.2 Å². The number of furan rings is 1. The van der Waals surface area contributed by atoms with Crippen molar-refractivity contribution in [2.75, 3.05) is 4.90 Å². The third-order valence-corrected chi connectivity index (χ3v) is 15.3. The van der Waals surface area contributed by atoms with E-state index in [-0.39, 0.29) is 0 Å². The number of fused-ring (bicyclic) bond motifs is 9. The van der Waals surface area contributed by atoms with E-state index >= 15 is 0 Å². The van der Waals surface area contributed by atoms with E-state index < -0.39 is 10.8 Å². The summed E-state index contributed by atoms with van der Waals surface area (Å²) in [5.74, 6) is 0. The van der Waals surface area contributed by atoms with Crippen molar-refractivity contribution in [3.8, 4) is 33.4 Å². The second-order valence-electron chi connectivity index (χ2n) is 18.7. The van der Waals surface area contributed by atoms with Crippen LogP contribution in [0.5, 0.6) is 0 Å². The van der Waals surface area contributed by atoms with Crippen molar-refractivity contribution < 1.29 is 4.42 Å². The van der Waals surface area contributed by atoms with Crippen LogP contribution < -0.4 is 4.90 Å². The van der Waals surface area contributed by atoms with Gasteiger partial charge >= 0.3 is 0 Å². The normalized spacial score (nSPS) is 13.7. The summed E-state index contributed by atoms with van der Waals surface area (Å²) < 4.78 is 6.20. The molecule has 2 aliphatic carbocycles. The van der Waals surface area contributed by atoms with Crippen molar-refractivity contribution in [3.63, 3.8) is 0 Å². The van der Waals surface area contributed by atoms with Crippen molar-refractivity contribution in [1.82, 2.24) is 0 Å². The van der Waals surface area contributed by atoms with Crippen LogP contribution in [0, 0.1) is 0 Å². The average molecular weight is 892 g/mol. The smallest absolute Gasteiger partial charge is 0.135 e. The average Bonchev–Trinajstić information content (AvgIpc) is 4.07. The first-order valence-corrected chi connectivity index (χ1v) is 24.2. The molecule has 70 heavy (non-hydrogen) atoms. The molecule has 0 radical (unpaired) electrons. The summed E-state index contributed by atoms with van der Waals surface area (Å²) in [6, 6.07) is 100. The summed E-state index contributed by atoms with van der Waals surface area (Å²) >= 11 is 0. The zero-order valence-corrected chi connectivity index (χ0v) is 38.3. The molecular weight excluding hydrogens is 847 g/mol. The molecule has 11 aromatic carbocycles. The summed E-state index contributed by atoms with van der Waals surface area (Å²) in [5.41, 5.74) is 21.7. The van der Waals surface area contributed by atoms with Gasteiger partial charge in [-0.1, -0.05) is 218 Å². The number of nitrogens with zero attached hydrogens (tertiary/aromatic N) is 1. The molecule has 0 unspecified atom stereocenters. The number of anilines is 3. The molecular formula is C68H45NO. The molecule has 14 rings (SSSR count). The van der Waals surface area contributed by atoms with E-state index in [1.165, 1.54) is 66.8 Å². The van der Waals surface area contributed by atoms with E-state index in [9.17, 15) is 0 Å². The van der Waals surface area contributed by atoms with Gasteiger partial charge in [0, 0.05) is 27.8 Å². The lowest BCUT2D eigenvalue weighted by Crippen LogP contribution is -2.28. The Balaban J connectivity index is 0.927. The molecule has 2 aliphatic rings. The van der Waals surface area contributed by atoms with E-state index in [0.29, 0.717) is 0 Å². The highest BCUT2D eigenvalue weighted by Crippen LogP contribution is 2.58. The predicted octanol–water partition coefficient (Wildman–Crippen LogP) is 17.4. The van der Waals surface area contributed by atoms with Gasteiger partial charge in [0.25, 0.3) is 0 Å². The van der Waals surface area contributed by atoms with Crippen LogP contribution in [-0.2, 0) is 10.8 Å². The van der Waals surface area contributed by atoms with Crippen molar-refractivity contribution in [2.24, 2.45) is 0 Å². The highest BCUT2D eigenvalue weighted by molar-refractivity contribution is 6.06. The third kappa shape index (κ3) is 5.80. The van der Waals surface area contributed by atoms with Gasteiger partial charge in [-0.15, -0.1) is 0 Å². The Morgan fingerprint density at radius 2 is 0.600 bits per heavy atom. The lowest BCUT2D eigenvalue weighted by atomic mass is 9.67. The molecule has 1 aromatic heterocycles. The van der Waals surface area contributed by atoms with Gasteiger partial charge in [-0.05, 0) is 132 Å². The Morgan fingerprint density at radius 3 is 1.06 bits per heavy atom. The summed E-state index contributed by atoms with van der Waals surface area (Å²) in [6.45, 7) is 0. The maximum absolute atomic E-state index is 6.20. The fourth-order valence-corrected chi connectivity index (χ4v) is 12.3. The van der Waals surface area contributed by atoms with Crippen molar-refractivity contribution in [2.45, 2.75) is 10.8 Å². The highest BCUT2D eigenvalue weighted by atomic mass is 16.3. The van der Waals surface area contributed by atoms with Crippen LogP contribution in [0.25, 0.3) is 55.3 Å². The Hall–Kier alpha value is -8.98. The standard InChI is InChI=1S/C68H45NO/c1-3-17-48(18-4-1)67(61-26-12-7-21-55(61)56-22-8-13-27-62(56)67)50-34-40-53(41-35-50)69(52-38-31-46(32-39-52)47-33-44-66-60(45-47)59-25-11-16-30-65(59)70-66)54-42-36-51(37-43-54)68(49-19-5-2-6-20-49)63-28-14-9-23-57(63)58-24-10-15-29-64(58)68/h1-45H. The van der Waals surface area contributed by atoms with E-state index in [0.717, 1.165) is 50.1 Å². The van der Waals surface area contributed by atoms with Crippen LogP contribution in [0.3, 0.4) is 0 Å². The topological polar surface area (TPSA) is 16.4 Å². The van der Waals surface area contributed by atoms with Gasteiger partial charge in [-0.25, -0.2) is 0 Å². The molecule has 0 spiro atoms. The molecule has 12 aromatic rings. The van der Waals surface area contributed by atoms with Crippen molar-refractivity contribution in [1.29, 1.82) is 0 Å². The monoisotopic (exact) mass is 891 g/mol. The molecule has 2 nitrogen and oxygen atoms in total. The third-order valence-electron chi connectivity index (χ3n) is 15.3. The van der Waals surface area contributed by atoms with Gasteiger partial charge in [-0.2, -0.15) is 0 Å². The van der Waals surface area contributed by atoms with Crippen LogP contribution in [0.2, 0.25) is 0 Å². The number of hydrogen-bond donors (Lipinski definition) is 0. The zero-order chi connectivity index (χ0) is 46.2. The quantitative estimate of drug-likeness (QED) is 0.151. The summed E-state index contributed by atoms with van der Waals surface area (Å²) in [7, 11) is 0. The summed E-state index contributed by atoms with van der Waals surface area (Å²) in [4.78, 5) is 2.40. The van der Waals surface area contributed by atoms with Crippen LogP contribution >= 0.6 is 0 Å². The van der Waals surface area contributed by atoms with E-state index in [2.05, 4.69) is 266 Å². The van der Waals surface area contributed by atoms with Crippen LogP contribution in [0.4, 0.5) is 17.1 Å². The first-order valence-electron chi connectivity index (χ1n) is 24.2. The molecule has 0 aliphatic heterocycles. The molecule has 328 valence electrons. The zero-order valence-electron chi connectivity index (χ0n) is 38.3. The van der Waals surface area contributed by atoms with E-state index in [1.807, 2.05) is 12.1 Å². The number of rotatable bonds is 8. The van der Waals surface area contributed by atoms with E-state index in [4.69, 9.17) is 4.42 Å². The minimum Gasteiger partial charge on any atom is -0.456 e. The first kappa shape index (κ1) is 40.1.